The van der Waals surface area contributed by atoms with Crippen LogP contribution >= 0.6 is 11.8 Å². The van der Waals surface area contributed by atoms with Crippen molar-refractivity contribution in [2.75, 3.05) is 18.1 Å². The van der Waals surface area contributed by atoms with Gasteiger partial charge in [-0.3, -0.25) is 9.59 Å². The molecule has 1 rings (SSSR count). The standard InChI is InChI=1S/C13H17NO3S/c1-2-10-3-5-11(6-4-10)13(17)14-7-8-18-9-12(15)16/h3-6H,2,7-9H2,1H3,(H,14,17)(H,15,16). The lowest BCUT2D eigenvalue weighted by Gasteiger charge is -2.05. The van der Waals surface area contributed by atoms with Gasteiger partial charge >= 0.3 is 5.97 Å². The third-order valence-corrected chi connectivity index (χ3v) is 3.33. The molecule has 0 aliphatic heterocycles. The average Bonchev–Trinajstić information content (AvgIpc) is 2.38. The zero-order valence-corrected chi connectivity index (χ0v) is 11.1. The molecule has 0 radical (unpaired) electrons. The topological polar surface area (TPSA) is 66.4 Å². The predicted molar refractivity (Wildman–Crippen MR) is 73.1 cm³/mol. The Morgan fingerprint density at radius 1 is 1.28 bits per heavy atom. The minimum Gasteiger partial charge on any atom is -0.481 e. The van der Waals surface area contributed by atoms with Gasteiger partial charge in [0.25, 0.3) is 5.91 Å². The molecule has 98 valence electrons. The molecule has 0 spiro atoms. The lowest BCUT2D eigenvalue weighted by Crippen LogP contribution is -2.25. The Bertz CT molecular complexity index is 403. The second kappa shape index (κ2) is 7.76. The van der Waals surface area contributed by atoms with E-state index in [2.05, 4.69) is 12.2 Å². The molecule has 0 fully saturated rings. The molecule has 0 bridgehead atoms. The first-order valence-corrected chi connectivity index (χ1v) is 6.95. The van der Waals surface area contributed by atoms with Crippen molar-refractivity contribution in [1.29, 1.82) is 0 Å². The van der Waals surface area contributed by atoms with Gasteiger partial charge in [-0.1, -0.05) is 19.1 Å². The monoisotopic (exact) mass is 267 g/mol. The fourth-order valence-electron chi connectivity index (χ4n) is 1.39. The van der Waals surface area contributed by atoms with Crippen LogP contribution in [-0.4, -0.2) is 35.0 Å². The minimum atomic E-state index is -0.832. The Labute approximate surface area is 111 Å². The number of amides is 1. The lowest BCUT2D eigenvalue weighted by atomic mass is 10.1. The summed E-state index contributed by atoms with van der Waals surface area (Å²) >= 11 is 1.29. The number of carboxylic acid groups (broad SMARTS) is 1. The molecule has 18 heavy (non-hydrogen) atoms. The number of aliphatic carboxylic acids is 1. The van der Waals surface area contributed by atoms with Crippen molar-refractivity contribution in [1.82, 2.24) is 5.32 Å². The van der Waals surface area contributed by atoms with Crippen LogP contribution in [0.3, 0.4) is 0 Å². The number of hydrogen-bond acceptors (Lipinski definition) is 3. The summed E-state index contributed by atoms with van der Waals surface area (Å²) in [4.78, 5) is 22.0. The van der Waals surface area contributed by atoms with Gasteiger partial charge in [-0.25, -0.2) is 0 Å². The van der Waals surface area contributed by atoms with Crippen molar-refractivity contribution in [3.8, 4) is 0 Å². The largest absolute Gasteiger partial charge is 0.481 e. The summed E-state index contributed by atoms with van der Waals surface area (Å²) in [5.74, 6) is -0.276. The number of thioether (sulfide) groups is 1. The van der Waals surface area contributed by atoms with E-state index in [0.717, 1.165) is 6.42 Å². The van der Waals surface area contributed by atoms with Crippen LogP contribution in [0.15, 0.2) is 24.3 Å². The van der Waals surface area contributed by atoms with Crippen molar-refractivity contribution >= 4 is 23.6 Å². The number of carbonyl (C=O) groups is 2. The van der Waals surface area contributed by atoms with Gasteiger partial charge in [0.2, 0.25) is 0 Å². The van der Waals surface area contributed by atoms with Crippen LogP contribution < -0.4 is 5.32 Å². The SMILES string of the molecule is CCc1ccc(C(=O)NCCSCC(=O)O)cc1. The van der Waals surface area contributed by atoms with Crippen molar-refractivity contribution in [3.63, 3.8) is 0 Å². The van der Waals surface area contributed by atoms with E-state index in [1.54, 1.807) is 12.1 Å². The lowest BCUT2D eigenvalue weighted by molar-refractivity contribution is -0.133. The molecule has 2 N–H and O–H groups in total. The highest BCUT2D eigenvalue weighted by Gasteiger charge is 2.04. The highest BCUT2D eigenvalue weighted by atomic mass is 32.2. The highest BCUT2D eigenvalue weighted by Crippen LogP contribution is 2.05. The first-order valence-electron chi connectivity index (χ1n) is 5.80. The summed E-state index contributed by atoms with van der Waals surface area (Å²) < 4.78 is 0. The third kappa shape index (κ3) is 5.23. The number of aryl methyl sites for hydroxylation is 1. The molecule has 0 saturated heterocycles. The van der Waals surface area contributed by atoms with Gasteiger partial charge in [0.1, 0.15) is 0 Å². The number of hydrogen-bond donors (Lipinski definition) is 2. The molecule has 1 aromatic carbocycles. The van der Waals surface area contributed by atoms with Gasteiger partial charge < -0.3 is 10.4 Å². The third-order valence-electron chi connectivity index (χ3n) is 2.38. The van der Waals surface area contributed by atoms with Crippen LogP contribution in [0, 0.1) is 0 Å². The molecule has 0 heterocycles. The van der Waals surface area contributed by atoms with Crippen LogP contribution in [-0.2, 0) is 11.2 Å². The van der Waals surface area contributed by atoms with Crippen LogP contribution in [0.25, 0.3) is 0 Å². The average molecular weight is 267 g/mol. The second-order valence-electron chi connectivity index (χ2n) is 3.75. The van der Waals surface area contributed by atoms with E-state index in [9.17, 15) is 9.59 Å². The van der Waals surface area contributed by atoms with Crippen molar-refractivity contribution in [2.24, 2.45) is 0 Å². The molecule has 0 aliphatic rings. The number of rotatable bonds is 7. The Hall–Kier alpha value is -1.49. The molecule has 5 heteroatoms. The van der Waals surface area contributed by atoms with Gasteiger partial charge in [0.15, 0.2) is 0 Å². The zero-order chi connectivity index (χ0) is 13.4. The van der Waals surface area contributed by atoms with E-state index in [1.165, 1.54) is 17.3 Å². The minimum absolute atomic E-state index is 0.0705. The molecular weight excluding hydrogens is 250 g/mol. The van der Waals surface area contributed by atoms with Gasteiger partial charge in [-0.2, -0.15) is 0 Å². The van der Waals surface area contributed by atoms with Gasteiger partial charge in [0, 0.05) is 17.9 Å². The Balaban J connectivity index is 2.29. The Kier molecular flexibility index (Phi) is 6.28. The first-order chi connectivity index (χ1) is 8.63. The number of nitrogens with one attached hydrogen (secondary N) is 1. The van der Waals surface area contributed by atoms with Crippen LogP contribution in [0.4, 0.5) is 0 Å². The second-order valence-corrected chi connectivity index (χ2v) is 4.86. The molecule has 4 nitrogen and oxygen atoms in total. The van der Waals surface area contributed by atoms with Crippen LogP contribution in [0.2, 0.25) is 0 Å². The smallest absolute Gasteiger partial charge is 0.313 e. The molecule has 0 atom stereocenters. The van der Waals surface area contributed by atoms with Gasteiger partial charge in [-0.15, -0.1) is 11.8 Å². The molecular formula is C13H17NO3S. The van der Waals surface area contributed by atoms with Crippen molar-refractivity contribution in [2.45, 2.75) is 13.3 Å². The van der Waals surface area contributed by atoms with Crippen LogP contribution in [0.5, 0.6) is 0 Å². The molecule has 0 saturated carbocycles. The quantitative estimate of drug-likeness (QED) is 0.739. The van der Waals surface area contributed by atoms with Crippen molar-refractivity contribution in [3.05, 3.63) is 35.4 Å². The van der Waals surface area contributed by atoms with E-state index in [4.69, 9.17) is 5.11 Å². The predicted octanol–water partition coefficient (Wildman–Crippen LogP) is 1.80. The van der Waals surface area contributed by atoms with E-state index >= 15 is 0 Å². The van der Waals surface area contributed by atoms with E-state index < -0.39 is 5.97 Å². The molecule has 0 unspecified atom stereocenters. The highest BCUT2D eigenvalue weighted by molar-refractivity contribution is 7.99. The fourth-order valence-corrected chi connectivity index (χ4v) is 1.96. The fraction of sp³-hybridized carbons (Fsp3) is 0.385. The van der Waals surface area contributed by atoms with E-state index in [-0.39, 0.29) is 11.7 Å². The number of benzene rings is 1. The zero-order valence-electron chi connectivity index (χ0n) is 10.3. The summed E-state index contributed by atoms with van der Waals surface area (Å²) in [6.07, 6.45) is 0.952. The van der Waals surface area contributed by atoms with Crippen LogP contribution in [0.1, 0.15) is 22.8 Å². The molecule has 1 aromatic rings. The first kappa shape index (κ1) is 14.6. The maximum absolute atomic E-state index is 11.7. The Morgan fingerprint density at radius 3 is 2.50 bits per heavy atom. The van der Waals surface area contributed by atoms with Gasteiger partial charge in [0.05, 0.1) is 5.75 Å². The molecule has 0 aliphatic carbocycles. The summed E-state index contributed by atoms with van der Waals surface area (Å²) in [5, 5.41) is 11.2. The summed E-state index contributed by atoms with van der Waals surface area (Å²) in [6, 6.07) is 7.49. The Morgan fingerprint density at radius 2 is 1.94 bits per heavy atom. The maximum atomic E-state index is 11.7. The molecule has 1 amide bonds. The normalized spacial score (nSPS) is 10.1. The van der Waals surface area contributed by atoms with E-state index in [0.29, 0.717) is 17.9 Å². The summed E-state index contributed by atoms with van der Waals surface area (Å²) in [7, 11) is 0. The van der Waals surface area contributed by atoms with Crippen molar-refractivity contribution < 1.29 is 14.7 Å². The maximum Gasteiger partial charge on any atom is 0.313 e. The van der Waals surface area contributed by atoms with Gasteiger partial charge in [-0.05, 0) is 24.1 Å². The number of carbonyl (C=O) groups excluding carboxylic acids is 1. The number of carboxylic acids is 1. The summed E-state index contributed by atoms with van der Waals surface area (Å²) in [5.41, 5.74) is 1.83. The summed E-state index contributed by atoms with van der Waals surface area (Å²) in [6.45, 7) is 2.54. The van der Waals surface area contributed by atoms with E-state index in [1.807, 2.05) is 12.1 Å². The molecule has 0 aromatic heterocycles.